The van der Waals surface area contributed by atoms with Crippen LogP contribution in [0, 0.1) is 0 Å². The van der Waals surface area contributed by atoms with E-state index in [4.69, 9.17) is 19.2 Å². The molecular weight excluding hydrogens is 400 g/mol. The van der Waals surface area contributed by atoms with Gasteiger partial charge in [-0.3, -0.25) is 4.99 Å². The van der Waals surface area contributed by atoms with Gasteiger partial charge in [0, 0.05) is 14.1 Å². The molecule has 2 aliphatic heterocycles. The molecule has 6 nitrogen and oxygen atoms in total. The van der Waals surface area contributed by atoms with Crippen LogP contribution >= 0.6 is 11.8 Å². The maximum absolute atomic E-state index is 10.0. The molecule has 7 heteroatoms. The van der Waals surface area contributed by atoms with Crippen LogP contribution in [0.15, 0.2) is 65.7 Å². The van der Waals surface area contributed by atoms with Gasteiger partial charge >= 0.3 is 0 Å². The molecule has 0 aliphatic carbocycles. The van der Waals surface area contributed by atoms with Crippen LogP contribution in [0.3, 0.4) is 0 Å². The van der Waals surface area contributed by atoms with Gasteiger partial charge in [-0.1, -0.05) is 72.4 Å². The van der Waals surface area contributed by atoms with Crippen molar-refractivity contribution in [2.45, 2.75) is 43.0 Å². The normalized spacial score (nSPS) is 28.1. The van der Waals surface area contributed by atoms with E-state index in [0.29, 0.717) is 13.2 Å². The number of thioether (sulfide) groups is 1. The summed E-state index contributed by atoms with van der Waals surface area (Å²) in [6.45, 7) is 0.743. The molecule has 5 atom stereocenters. The first kappa shape index (κ1) is 21.3. The Labute approximate surface area is 181 Å². The summed E-state index contributed by atoms with van der Waals surface area (Å²) in [5.74, 6) is 0. The van der Waals surface area contributed by atoms with E-state index >= 15 is 0 Å². The van der Waals surface area contributed by atoms with Gasteiger partial charge in [0.05, 0.1) is 19.8 Å². The predicted molar refractivity (Wildman–Crippen MR) is 118 cm³/mol. The largest absolute Gasteiger partial charge is 0.394 e. The lowest BCUT2D eigenvalue weighted by atomic mass is 9.97. The molecule has 0 bridgehead atoms. The lowest BCUT2D eigenvalue weighted by molar-refractivity contribution is -0.205. The smallest absolute Gasteiger partial charge is 0.161 e. The number of aliphatic hydroxyl groups is 1. The fraction of sp³-hybridized carbons (Fsp3) is 0.435. The molecule has 0 amide bonds. The first-order valence-electron chi connectivity index (χ1n) is 10.1. The monoisotopic (exact) mass is 428 g/mol. The van der Waals surface area contributed by atoms with Crippen molar-refractivity contribution in [2.24, 2.45) is 4.99 Å². The molecule has 1 fully saturated rings. The SMILES string of the molecule is CN(C)C1=N[C@@H]2[C@@H](OCc3ccccc3)[C@@H](OCc3ccccc3)[C@@H](CO)O[C@@H]2S1. The molecule has 0 aromatic heterocycles. The van der Waals surface area contributed by atoms with Crippen LogP contribution < -0.4 is 0 Å². The molecule has 4 rings (SSSR count). The third-order valence-electron chi connectivity index (χ3n) is 5.23. The van der Waals surface area contributed by atoms with Crippen molar-refractivity contribution in [1.82, 2.24) is 4.90 Å². The fourth-order valence-corrected chi connectivity index (χ4v) is 4.84. The number of aliphatic imine (C=N–C) groups is 1. The molecule has 2 aromatic rings. The molecule has 30 heavy (non-hydrogen) atoms. The molecule has 160 valence electrons. The number of hydrogen-bond donors (Lipinski definition) is 1. The quantitative estimate of drug-likeness (QED) is 0.732. The molecular formula is C23H28N2O4S. The van der Waals surface area contributed by atoms with Crippen LogP contribution in [0.5, 0.6) is 0 Å². The Balaban J connectivity index is 1.56. The number of amidine groups is 1. The van der Waals surface area contributed by atoms with Gasteiger partial charge in [0.25, 0.3) is 0 Å². The summed E-state index contributed by atoms with van der Waals surface area (Å²) < 4.78 is 18.9. The molecule has 2 aliphatic rings. The zero-order valence-electron chi connectivity index (χ0n) is 17.3. The van der Waals surface area contributed by atoms with Gasteiger partial charge in [0.1, 0.15) is 29.8 Å². The highest BCUT2D eigenvalue weighted by Gasteiger charge is 2.50. The first-order chi connectivity index (χ1) is 14.7. The summed E-state index contributed by atoms with van der Waals surface area (Å²) in [6, 6.07) is 19.9. The summed E-state index contributed by atoms with van der Waals surface area (Å²) in [4.78, 5) is 6.85. The summed E-state index contributed by atoms with van der Waals surface area (Å²) in [5.41, 5.74) is 1.96. The number of benzene rings is 2. The molecule has 0 saturated carbocycles. The number of aliphatic hydroxyl groups excluding tert-OH is 1. The van der Waals surface area contributed by atoms with E-state index in [0.717, 1.165) is 16.3 Å². The fourth-order valence-electron chi connectivity index (χ4n) is 3.68. The van der Waals surface area contributed by atoms with Crippen molar-refractivity contribution in [3.63, 3.8) is 0 Å². The van der Waals surface area contributed by atoms with Gasteiger partial charge in [0.2, 0.25) is 0 Å². The summed E-state index contributed by atoms with van der Waals surface area (Å²) in [5, 5.41) is 10.9. The van der Waals surface area contributed by atoms with Gasteiger partial charge in [-0.15, -0.1) is 0 Å². The molecule has 2 aromatic carbocycles. The Bertz CT molecular complexity index is 834. The zero-order chi connectivity index (χ0) is 20.9. The molecule has 1 N–H and O–H groups in total. The molecule has 2 heterocycles. The molecule has 1 saturated heterocycles. The minimum Gasteiger partial charge on any atom is -0.394 e. The topological polar surface area (TPSA) is 63.5 Å². The number of ether oxygens (including phenoxy) is 3. The van der Waals surface area contributed by atoms with Crippen LogP contribution in [-0.4, -0.2) is 65.7 Å². The summed E-state index contributed by atoms with van der Waals surface area (Å²) in [6.07, 6.45) is -1.22. The number of fused-ring (bicyclic) bond motifs is 1. The van der Waals surface area contributed by atoms with E-state index in [1.54, 1.807) is 11.8 Å². The van der Waals surface area contributed by atoms with Gasteiger partial charge in [-0.25, -0.2) is 0 Å². The van der Waals surface area contributed by atoms with Gasteiger partial charge in [-0.2, -0.15) is 0 Å². The van der Waals surface area contributed by atoms with Crippen LogP contribution in [0.4, 0.5) is 0 Å². The van der Waals surface area contributed by atoms with Crippen LogP contribution in [0.1, 0.15) is 11.1 Å². The second-order valence-corrected chi connectivity index (χ2v) is 8.73. The van der Waals surface area contributed by atoms with Crippen molar-refractivity contribution in [1.29, 1.82) is 0 Å². The van der Waals surface area contributed by atoms with E-state index in [2.05, 4.69) is 0 Å². The molecule has 0 unspecified atom stereocenters. The summed E-state index contributed by atoms with van der Waals surface area (Å²) >= 11 is 1.57. The Morgan fingerprint density at radius 2 is 1.50 bits per heavy atom. The Hall–Kier alpha value is -1.90. The summed E-state index contributed by atoms with van der Waals surface area (Å²) in [7, 11) is 3.94. The Morgan fingerprint density at radius 3 is 2.03 bits per heavy atom. The maximum Gasteiger partial charge on any atom is 0.161 e. The van der Waals surface area contributed by atoms with Gasteiger partial charge in [-0.05, 0) is 11.1 Å². The maximum atomic E-state index is 10.0. The highest BCUT2D eigenvalue weighted by atomic mass is 32.2. The first-order valence-corrected chi connectivity index (χ1v) is 11.0. The predicted octanol–water partition coefficient (Wildman–Crippen LogP) is 2.91. The molecule has 0 radical (unpaired) electrons. The second kappa shape index (κ2) is 9.94. The van der Waals surface area contributed by atoms with Crippen LogP contribution in [0.2, 0.25) is 0 Å². The van der Waals surface area contributed by atoms with E-state index in [1.807, 2.05) is 79.7 Å². The van der Waals surface area contributed by atoms with E-state index < -0.39 is 12.2 Å². The number of rotatable bonds is 7. The standard InChI is InChI=1S/C23H28N2O4S/c1-25(2)23-24-19-21(28-15-17-11-7-4-8-12-17)20(18(13-26)29-22(19)30-23)27-14-16-9-5-3-6-10-16/h3-12,18-22,26H,13-15H2,1-2H3/t18-,19-,20+,21-,22-/m1/s1. The highest BCUT2D eigenvalue weighted by molar-refractivity contribution is 8.14. The minimum absolute atomic E-state index is 0.133. The average Bonchev–Trinajstić information content (AvgIpc) is 3.21. The van der Waals surface area contributed by atoms with Gasteiger partial charge in [0.15, 0.2) is 5.17 Å². The van der Waals surface area contributed by atoms with E-state index in [9.17, 15) is 5.11 Å². The van der Waals surface area contributed by atoms with Crippen LogP contribution in [0.25, 0.3) is 0 Å². The van der Waals surface area contributed by atoms with Crippen molar-refractivity contribution >= 4 is 16.9 Å². The van der Waals surface area contributed by atoms with Gasteiger partial charge < -0.3 is 24.2 Å². The highest BCUT2D eigenvalue weighted by Crippen LogP contribution is 2.39. The number of hydrogen-bond acceptors (Lipinski definition) is 7. The van der Waals surface area contributed by atoms with Crippen molar-refractivity contribution in [3.05, 3.63) is 71.8 Å². The third kappa shape index (κ3) is 4.87. The van der Waals surface area contributed by atoms with Crippen molar-refractivity contribution in [2.75, 3.05) is 20.7 Å². The van der Waals surface area contributed by atoms with Crippen molar-refractivity contribution < 1.29 is 19.3 Å². The lowest BCUT2D eigenvalue weighted by Gasteiger charge is -2.42. The Morgan fingerprint density at radius 1 is 0.933 bits per heavy atom. The van der Waals surface area contributed by atoms with Crippen molar-refractivity contribution in [3.8, 4) is 0 Å². The minimum atomic E-state index is -0.472. The third-order valence-corrected chi connectivity index (χ3v) is 6.53. The number of nitrogens with zero attached hydrogens (tertiary/aromatic N) is 2. The van der Waals surface area contributed by atoms with E-state index in [1.165, 1.54) is 0 Å². The van der Waals surface area contributed by atoms with Crippen LogP contribution in [-0.2, 0) is 27.4 Å². The Kier molecular flexibility index (Phi) is 7.07. The zero-order valence-corrected chi connectivity index (χ0v) is 18.1. The molecule has 0 spiro atoms. The average molecular weight is 429 g/mol. The van der Waals surface area contributed by atoms with E-state index in [-0.39, 0.29) is 24.2 Å². The lowest BCUT2D eigenvalue weighted by Crippen LogP contribution is -2.57. The second-order valence-electron chi connectivity index (χ2n) is 7.66.